The number of benzene rings is 1. The van der Waals surface area contributed by atoms with Crippen LogP contribution in [0.3, 0.4) is 0 Å². The summed E-state index contributed by atoms with van der Waals surface area (Å²) in [7, 11) is 1.66. The SMILES string of the molecule is COc1cccc(C2CCCN2C(=O)c2coc(CN3CCOCC3)c2)c1. The number of carbonyl (C=O) groups excluding carboxylic acids is 1. The number of rotatable bonds is 5. The molecule has 6 nitrogen and oxygen atoms in total. The molecule has 0 saturated carbocycles. The van der Waals surface area contributed by atoms with Crippen molar-refractivity contribution in [3.63, 3.8) is 0 Å². The molecule has 27 heavy (non-hydrogen) atoms. The Balaban J connectivity index is 1.46. The lowest BCUT2D eigenvalue weighted by molar-refractivity contribution is 0.0313. The van der Waals surface area contributed by atoms with Gasteiger partial charge in [0.25, 0.3) is 5.91 Å². The van der Waals surface area contributed by atoms with Crippen LogP contribution in [-0.2, 0) is 11.3 Å². The van der Waals surface area contributed by atoms with Gasteiger partial charge in [-0.15, -0.1) is 0 Å². The van der Waals surface area contributed by atoms with Crippen LogP contribution < -0.4 is 4.74 Å². The fraction of sp³-hybridized carbons (Fsp3) is 0.476. The number of hydrogen-bond acceptors (Lipinski definition) is 5. The molecule has 4 rings (SSSR count). The van der Waals surface area contributed by atoms with Crippen molar-refractivity contribution in [2.45, 2.75) is 25.4 Å². The second-order valence-electron chi connectivity index (χ2n) is 7.12. The highest BCUT2D eigenvalue weighted by molar-refractivity contribution is 5.94. The van der Waals surface area contributed by atoms with Crippen LogP contribution in [0, 0.1) is 0 Å². The summed E-state index contributed by atoms with van der Waals surface area (Å²) in [6.45, 7) is 4.79. The average molecular weight is 370 g/mol. The average Bonchev–Trinajstić information content (AvgIpc) is 3.38. The van der Waals surface area contributed by atoms with Gasteiger partial charge in [0.15, 0.2) is 0 Å². The summed E-state index contributed by atoms with van der Waals surface area (Å²) in [5.41, 5.74) is 1.75. The van der Waals surface area contributed by atoms with Crippen LogP contribution in [0.15, 0.2) is 41.0 Å². The molecule has 2 aliphatic heterocycles. The molecule has 1 atom stereocenters. The highest BCUT2D eigenvalue weighted by atomic mass is 16.5. The van der Waals surface area contributed by atoms with Gasteiger partial charge in [-0.1, -0.05) is 12.1 Å². The highest BCUT2D eigenvalue weighted by Gasteiger charge is 2.31. The van der Waals surface area contributed by atoms with Crippen LogP contribution in [0.4, 0.5) is 0 Å². The fourth-order valence-electron chi connectivity index (χ4n) is 3.93. The Hall–Kier alpha value is -2.31. The third-order valence-corrected chi connectivity index (χ3v) is 5.38. The van der Waals surface area contributed by atoms with E-state index in [0.29, 0.717) is 5.56 Å². The number of furan rings is 1. The van der Waals surface area contributed by atoms with E-state index in [4.69, 9.17) is 13.9 Å². The van der Waals surface area contributed by atoms with E-state index in [1.165, 1.54) is 0 Å². The Morgan fingerprint density at radius 1 is 1.22 bits per heavy atom. The Labute approximate surface area is 159 Å². The Morgan fingerprint density at radius 2 is 2.07 bits per heavy atom. The zero-order valence-electron chi connectivity index (χ0n) is 15.7. The molecule has 1 amide bonds. The van der Waals surface area contributed by atoms with Crippen LogP contribution in [0.1, 0.15) is 40.6 Å². The molecule has 1 aromatic heterocycles. The molecular formula is C21H26N2O4. The number of carbonyl (C=O) groups is 1. The number of hydrogen-bond donors (Lipinski definition) is 0. The maximum atomic E-state index is 13.1. The molecule has 0 N–H and O–H groups in total. The minimum atomic E-state index is 0.0392. The van der Waals surface area contributed by atoms with Gasteiger partial charge in [-0.25, -0.2) is 0 Å². The lowest BCUT2D eigenvalue weighted by Crippen LogP contribution is -2.35. The van der Waals surface area contributed by atoms with Crippen molar-refractivity contribution < 1.29 is 18.7 Å². The van der Waals surface area contributed by atoms with Crippen molar-refractivity contribution in [3.05, 3.63) is 53.5 Å². The monoisotopic (exact) mass is 370 g/mol. The highest BCUT2D eigenvalue weighted by Crippen LogP contribution is 2.34. The normalized spacial score (nSPS) is 20.8. The summed E-state index contributed by atoms with van der Waals surface area (Å²) < 4.78 is 16.4. The molecule has 0 aliphatic carbocycles. The predicted octanol–water partition coefficient (Wildman–Crippen LogP) is 3.10. The molecule has 1 unspecified atom stereocenters. The first kappa shape index (κ1) is 18.1. The third-order valence-electron chi connectivity index (χ3n) is 5.38. The van der Waals surface area contributed by atoms with E-state index in [1.54, 1.807) is 13.4 Å². The first-order valence-electron chi connectivity index (χ1n) is 9.57. The zero-order valence-corrected chi connectivity index (χ0v) is 15.7. The lowest BCUT2D eigenvalue weighted by Gasteiger charge is -2.25. The van der Waals surface area contributed by atoms with Crippen molar-refractivity contribution in [1.82, 2.24) is 9.80 Å². The van der Waals surface area contributed by atoms with Crippen molar-refractivity contribution in [2.24, 2.45) is 0 Å². The second-order valence-corrected chi connectivity index (χ2v) is 7.12. The molecule has 1 aromatic carbocycles. The smallest absolute Gasteiger partial charge is 0.257 e. The summed E-state index contributed by atoms with van der Waals surface area (Å²) in [5.74, 6) is 1.69. The van der Waals surface area contributed by atoms with Crippen LogP contribution in [0.5, 0.6) is 5.75 Å². The minimum Gasteiger partial charge on any atom is -0.497 e. The van der Waals surface area contributed by atoms with Crippen LogP contribution in [0.2, 0.25) is 0 Å². The van der Waals surface area contributed by atoms with E-state index < -0.39 is 0 Å². The van der Waals surface area contributed by atoms with Gasteiger partial charge in [0.2, 0.25) is 0 Å². The summed E-state index contributed by atoms with van der Waals surface area (Å²) in [6.07, 6.45) is 3.57. The topological polar surface area (TPSA) is 55.2 Å². The second kappa shape index (κ2) is 8.15. The Kier molecular flexibility index (Phi) is 5.45. The number of methoxy groups -OCH3 is 1. The Morgan fingerprint density at radius 3 is 2.89 bits per heavy atom. The molecule has 0 bridgehead atoms. The van der Waals surface area contributed by atoms with Gasteiger partial charge in [-0.3, -0.25) is 9.69 Å². The molecule has 2 fully saturated rings. The molecule has 0 spiro atoms. The van der Waals surface area contributed by atoms with Gasteiger partial charge >= 0.3 is 0 Å². The summed E-state index contributed by atoms with van der Waals surface area (Å²) >= 11 is 0. The maximum absolute atomic E-state index is 13.1. The van der Waals surface area contributed by atoms with Gasteiger partial charge in [0.1, 0.15) is 17.8 Å². The minimum absolute atomic E-state index is 0.0392. The zero-order chi connectivity index (χ0) is 18.6. The van der Waals surface area contributed by atoms with E-state index in [0.717, 1.165) is 69.3 Å². The molecule has 144 valence electrons. The number of amides is 1. The number of nitrogens with zero attached hydrogens (tertiary/aromatic N) is 2. The first-order chi connectivity index (χ1) is 13.2. The standard InChI is InChI=1S/C21H26N2O4/c1-25-18-5-2-4-16(12-18)20-6-3-7-23(20)21(24)17-13-19(27-15-17)14-22-8-10-26-11-9-22/h2,4-5,12-13,15,20H,3,6-11,14H2,1H3. The summed E-state index contributed by atoms with van der Waals surface area (Å²) in [5, 5.41) is 0. The van der Waals surface area contributed by atoms with E-state index in [9.17, 15) is 4.79 Å². The van der Waals surface area contributed by atoms with E-state index in [-0.39, 0.29) is 11.9 Å². The van der Waals surface area contributed by atoms with Gasteiger partial charge in [-0.2, -0.15) is 0 Å². The molecule has 0 radical (unpaired) electrons. The summed E-state index contributed by atoms with van der Waals surface area (Å²) in [6, 6.07) is 9.98. The molecule has 2 aliphatic rings. The van der Waals surface area contributed by atoms with E-state index in [2.05, 4.69) is 11.0 Å². The number of ether oxygens (including phenoxy) is 2. The first-order valence-corrected chi connectivity index (χ1v) is 9.57. The Bertz CT molecular complexity index is 782. The summed E-state index contributed by atoms with van der Waals surface area (Å²) in [4.78, 5) is 17.3. The molecule has 3 heterocycles. The number of morpholine rings is 1. The molecule has 6 heteroatoms. The van der Waals surface area contributed by atoms with Crippen LogP contribution in [-0.4, -0.2) is 55.7 Å². The van der Waals surface area contributed by atoms with Crippen LogP contribution >= 0.6 is 0 Å². The van der Waals surface area contributed by atoms with Gasteiger partial charge in [0, 0.05) is 19.6 Å². The van der Waals surface area contributed by atoms with Crippen molar-refractivity contribution in [1.29, 1.82) is 0 Å². The third kappa shape index (κ3) is 4.01. The van der Waals surface area contributed by atoms with Crippen molar-refractivity contribution >= 4 is 5.91 Å². The fourth-order valence-corrected chi connectivity index (χ4v) is 3.93. The molecular weight excluding hydrogens is 344 g/mol. The quantitative estimate of drug-likeness (QED) is 0.810. The van der Waals surface area contributed by atoms with E-state index in [1.807, 2.05) is 29.2 Å². The number of likely N-dealkylation sites (tertiary alicyclic amines) is 1. The van der Waals surface area contributed by atoms with Gasteiger partial charge < -0.3 is 18.8 Å². The van der Waals surface area contributed by atoms with Crippen molar-refractivity contribution in [3.8, 4) is 5.75 Å². The van der Waals surface area contributed by atoms with Crippen LogP contribution in [0.25, 0.3) is 0 Å². The largest absolute Gasteiger partial charge is 0.497 e. The molecule has 2 aromatic rings. The van der Waals surface area contributed by atoms with E-state index >= 15 is 0 Å². The molecule has 2 saturated heterocycles. The predicted molar refractivity (Wildman–Crippen MR) is 101 cm³/mol. The van der Waals surface area contributed by atoms with Gasteiger partial charge in [0.05, 0.1) is 38.5 Å². The van der Waals surface area contributed by atoms with Crippen molar-refractivity contribution in [2.75, 3.05) is 40.0 Å². The van der Waals surface area contributed by atoms with Gasteiger partial charge in [-0.05, 0) is 36.6 Å². The lowest BCUT2D eigenvalue weighted by atomic mass is 10.0. The maximum Gasteiger partial charge on any atom is 0.257 e.